The summed E-state index contributed by atoms with van der Waals surface area (Å²) in [6, 6.07) is 8.59. The lowest BCUT2D eigenvalue weighted by Gasteiger charge is -2.48. The fourth-order valence-electron chi connectivity index (χ4n) is 5.69. The summed E-state index contributed by atoms with van der Waals surface area (Å²) in [5.74, 6) is -1.00. The first-order valence-electron chi connectivity index (χ1n) is 12.3. The predicted molar refractivity (Wildman–Crippen MR) is 136 cm³/mol. The second-order valence-electron chi connectivity index (χ2n) is 9.89. The molecular weight excluding hydrogens is 570 g/mol. The van der Waals surface area contributed by atoms with Crippen molar-refractivity contribution in [2.75, 3.05) is 13.1 Å². The number of thiazole rings is 1. The number of piperidine rings is 1. The van der Waals surface area contributed by atoms with E-state index in [2.05, 4.69) is 15.1 Å². The number of carbonyl (C=O) groups is 1. The minimum atomic E-state index is -4.81. The van der Waals surface area contributed by atoms with Gasteiger partial charge in [-0.3, -0.25) is 4.79 Å². The van der Waals surface area contributed by atoms with Crippen LogP contribution >= 0.6 is 11.3 Å². The quantitative estimate of drug-likeness (QED) is 0.249. The van der Waals surface area contributed by atoms with Crippen molar-refractivity contribution in [1.82, 2.24) is 24.1 Å². The highest BCUT2D eigenvalue weighted by molar-refractivity contribution is 7.89. The smallest absolute Gasteiger partial charge is 0.291 e. The molecule has 1 aliphatic carbocycles. The van der Waals surface area contributed by atoms with Gasteiger partial charge in [0.2, 0.25) is 0 Å². The highest BCUT2D eigenvalue weighted by Crippen LogP contribution is 2.48. The number of carbonyl (C=O) groups excluding carboxylic acids is 1. The molecular formula is C26H21F4N5O3S2. The van der Waals surface area contributed by atoms with E-state index in [1.165, 1.54) is 18.3 Å². The molecule has 0 bridgehead atoms. The van der Waals surface area contributed by atoms with Gasteiger partial charge in [-0.1, -0.05) is 6.07 Å². The van der Waals surface area contributed by atoms with Crippen molar-refractivity contribution in [1.29, 1.82) is 0 Å². The molecule has 0 amide bonds. The maximum Gasteiger partial charge on any atom is 0.433 e. The molecule has 8 nitrogen and oxygen atoms in total. The summed E-state index contributed by atoms with van der Waals surface area (Å²) in [5.41, 5.74) is -0.296. The number of nitrogens with zero attached hydrogens (tertiary/aromatic N) is 5. The maximum atomic E-state index is 14.0. The molecule has 2 aliphatic rings. The summed E-state index contributed by atoms with van der Waals surface area (Å²) >= 11 is 1.15. The van der Waals surface area contributed by atoms with E-state index in [1.807, 2.05) is 0 Å². The van der Waals surface area contributed by atoms with Crippen molar-refractivity contribution in [3.8, 4) is 5.69 Å². The molecule has 1 fully saturated rings. The van der Waals surface area contributed by atoms with Gasteiger partial charge in [0.15, 0.2) is 15.8 Å². The Labute approximate surface area is 230 Å². The molecule has 0 N–H and O–H groups in total. The molecule has 40 heavy (non-hydrogen) atoms. The number of rotatable bonds is 5. The van der Waals surface area contributed by atoms with Crippen LogP contribution in [-0.4, -0.2) is 51.3 Å². The van der Waals surface area contributed by atoms with E-state index in [0.717, 1.165) is 39.0 Å². The van der Waals surface area contributed by atoms with Gasteiger partial charge in [0, 0.05) is 30.4 Å². The number of fused-ring (bicyclic) bond motifs is 2. The number of hydrogen-bond donors (Lipinski definition) is 0. The molecule has 0 saturated carbocycles. The lowest BCUT2D eigenvalue weighted by atomic mass is 9.61. The fourth-order valence-corrected chi connectivity index (χ4v) is 7.84. The van der Waals surface area contributed by atoms with Crippen LogP contribution in [0.4, 0.5) is 17.6 Å². The standard InChI is InChI=1S/C26H21F4N5O3S2/c27-18-4-6-19(7-5-18)35-20-12-17-8-10-34(40(37,38)22-3-1-2-21(33-22)26(28,29)30)15-25(17,13-16(20)14-32-35)23(36)24-31-9-11-39-24/h1-7,9,11,14,17H,8,10,12-13,15H2/t17-,25-/m0/s1. The van der Waals surface area contributed by atoms with Crippen LogP contribution in [0, 0.1) is 17.2 Å². The van der Waals surface area contributed by atoms with Crippen LogP contribution in [0.3, 0.4) is 0 Å². The first-order chi connectivity index (χ1) is 19.0. The fraction of sp³-hybridized carbons (Fsp3) is 0.308. The number of hydrogen-bond acceptors (Lipinski definition) is 7. The molecule has 1 aromatic carbocycles. The molecule has 1 aliphatic heterocycles. The van der Waals surface area contributed by atoms with Crippen molar-refractivity contribution in [2.45, 2.75) is 30.5 Å². The number of halogens is 4. The Morgan fingerprint density at radius 1 is 1.12 bits per heavy atom. The number of alkyl halides is 3. The largest absolute Gasteiger partial charge is 0.433 e. The molecule has 3 aromatic heterocycles. The van der Waals surface area contributed by atoms with Crippen molar-refractivity contribution in [2.24, 2.45) is 11.3 Å². The zero-order valence-electron chi connectivity index (χ0n) is 20.7. The zero-order chi connectivity index (χ0) is 28.3. The topological polar surface area (TPSA) is 98.0 Å². The van der Waals surface area contributed by atoms with Gasteiger partial charge in [0.25, 0.3) is 10.0 Å². The van der Waals surface area contributed by atoms with Gasteiger partial charge in [-0.15, -0.1) is 11.3 Å². The third-order valence-electron chi connectivity index (χ3n) is 7.64. The van der Waals surface area contributed by atoms with Crippen LogP contribution in [0.25, 0.3) is 5.69 Å². The summed E-state index contributed by atoms with van der Waals surface area (Å²) in [6.07, 6.45) is -0.857. The van der Waals surface area contributed by atoms with Crippen LogP contribution in [-0.2, 0) is 29.0 Å². The molecule has 0 radical (unpaired) electrons. The van der Waals surface area contributed by atoms with Gasteiger partial charge in [0.1, 0.15) is 11.5 Å². The molecule has 1 saturated heterocycles. The van der Waals surface area contributed by atoms with Gasteiger partial charge in [-0.2, -0.15) is 22.6 Å². The average molecular weight is 592 g/mol. The van der Waals surface area contributed by atoms with Crippen LogP contribution in [0.1, 0.15) is 33.2 Å². The van der Waals surface area contributed by atoms with Crippen LogP contribution in [0.5, 0.6) is 0 Å². The Morgan fingerprint density at radius 2 is 1.90 bits per heavy atom. The minimum absolute atomic E-state index is 0.00214. The summed E-state index contributed by atoms with van der Waals surface area (Å²) in [4.78, 5) is 21.6. The van der Waals surface area contributed by atoms with Crippen molar-refractivity contribution >= 4 is 27.1 Å². The second-order valence-corrected chi connectivity index (χ2v) is 12.7. The molecule has 0 spiro atoms. The van der Waals surface area contributed by atoms with Crippen LogP contribution in [0.2, 0.25) is 0 Å². The minimum Gasteiger partial charge on any atom is -0.291 e. The Morgan fingerprint density at radius 3 is 2.60 bits per heavy atom. The van der Waals surface area contributed by atoms with E-state index in [4.69, 9.17) is 0 Å². The molecule has 6 rings (SSSR count). The molecule has 4 aromatic rings. The van der Waals surface area contributed by atoms with Crippen molar-refractivity contribution in [3.05, 3.63) is 88.0 Å². The van der Waals surface area contributed by atoms with Crippen molar-refractivity contribution in [3.63, 3.8) is 0 Å². The zero-order valence-corrected chi connectivity index (χ0v) is 22.3. The van der Waals surface area contributed by atoms with E-state index in [0.29, 0.717) is 18.2 Å². The Balaban J connectivity index is 1.40. The monoisotopic (exact) mass is 591 g/mol. The lowest BCUT2D eigenvalue weighted by Crippen LogP contribution is -2.57. The SMILES string of the molecule is O=C(c1nccs1)[C@]12Cc3cnn(-c4ccc(F)cc4)c3C[C@@H]1CCN(S(=O)(=O)c1cccc(C(F)(F)F)n1)C2. The maximum absolute atomic E-state index is 14.0. The van der Waals surface area contributed by atoms with Crippen molar-refractivity contribution < 1.29 is 30.8 Å². The van der Waals surface area contributed by atoms with Gasteiger partial charge >= 0.3 is 6.18 Å². The molecule has 4 heterocycles. The normalized spacial score (nSPS) is 21.6. The first-order valence-corrected chi connectivity index (χ1v) is 14.6. The van der Waals surface area contributed by atoms with Gasteiger partial charge < -0.3 is 0 Å². The summed E-state index contributed by atoms with van der Waals surface area (Å²) in [6.45, 7) is -0.241. The predicted octanol–water partition coefficient (Wildman–Crippen LogP) is 4.56. The Kier molecular flexibility index (Phi) is 6.39. The average Bonchev–Trinajstić information content (AvgIpc) is 3.61. The van der Waals surface area contributed by atoms with E-state index in [-0.39, 0.29) is 48.5 Å². The Bertz CT molecular complexity index is 1690. The molecule has 2 atom stereocenters. The van der Waals surface area contributed by atoms with E-state index in [1.54, 1.807) is 28.4 Å². The summed E-state index contributed by atoms with van der Waals surface area (Å²) in [7, 11) is -4.46. The summed E-state index contributed by atoms with van der Waals surface area (Å²) < 4.78 is 83.3. The third kappa shape index (κ3) is 4.43. The number of Topliss-reactive ketones (excluding diaryl/α,β-unsaturated/α-hetero) is 1. The molecule has 0 unspecified atom stereocenters. The molecule has 208 valence electrons. The van der Waals surface area contributed by atoms with Gasteiger partial charge in [-0.25, -0.2) is 27.5 Å². The third-order valence-corrected chi connectivity index (χ3v) is 10.2. The number of sulfonamides is 1. The van der Waals surface area contributed by atoms with E-state index >= 15 is 0 Å². The Hall–Kier alpha value is -3.49. The number of benzene rings is 1. The highest BCUT2D eigenvalue weighted by Gasteiger charge is 2.55. The number of pyridine rings is 1. The van der Waals surface area contributed by atoms with Gasteiger partial charge in [0.05, 0.1) is 17.3 Å². The van der Waals surface area contributed by atoms with Crippen LogP contribution in [0.15, 0.2) is 65.3 Å². The van der Waals surface area contributed by atoms with Crippen LogP contribution < -0.4 is 0 Å². The number of aromatic nitrogens is 4. The van der Waals surface area contributed by atoms with Gasteiger partial charge in [-0.05, 0) is 67.1 Å². The highest BCUT2D eigenvalue weighted by atomic mass is 32.2. The van der Waals surface area contributed by atoms with E-state index < -0.39 is 32.3 Å². The summed E-state index contributed by atoms with van der Waals surface area (Å²) in [5, 5.41) is 5.64. The molecule has 14 heteroatoms. The first kappa shape index (κ1) is 26.7. The lowest BCUT2D eigenvalue weighted by molar-refractivity contribution is -0.141. The number of ketones is 1. The second kappa shape index (κ2) is 9.56. The van der Waals surface area contributed by atoms with E-state index in [9.17, 15) is 30.8 Å².